The highest BCUT2D eigenvalue weighted by atomic mass is 32.2. The molecule has 3 rings (SSSR count). The van der Waals surface area contributed by atoms with E-state index in [1.54, 1.807) is 31.2 Å². The molecule has 0 bridgehead atoms. The summed E-state index contributed by atoms with van der Waals surface area (Å²) in [5.41, 5.74) is 0.348. The lowest BCUT2D eigenvalue weighted by molar-refractivity contribution is 0.603. The van der Waals surface area contributed by atoms with Gasteiger partial charge in [-0.1, -0.05) is 12.1 Å². The van der Waals surface area contributed by atoms with Gasteiger partial charge < -0.3 is 0 Å². The molecule has 0 aliphatic rings. The number of aryl methyl sites for hydroxylation is 1. The van der Waals surface area contributed by atoms with Crippen LogP contribution in [0.25, 0.3) is 16.6 Å². The Morgan fingerprint density at radius 1 is 1.17 bits per heavy atom. The normalized spacial score (nSPS) is 11.6. The van der Waals surface area contributed by atoms with Gasteiger partial charge in [-0.3, -0.25) is 14.1 Å². The summed E-state index contributed by atoms with van der Waals surface area (Å²) in [5, 5.41) is 0.421. The molecule has 0 unspecified atom stereocenters. The van der Waals surface area contributed by atoms with E-state index in [1.807, 2.05) is 0 Å². The van der Waals surface area contributed by atoms with Gasteiger partial charge in [-0.05, 0) is 37.3 Å². The van der Waals surface area contributed by atoms with Crippen molar-refractivity contribution in [2.75, 3.05) is 11.0 Å². The Labute approximate surface area is 137 Å². The van der Waals surface area contributed by atoms with Gasteiger partial charge in [0.05, 0.1) is 28.5 Å². The van der Waals surface area contributed by atoms with Crippen LogP contribution in [0.2, 0.25) is 0 Å². The first-order chi connectivity index (χ1) is 11.3. The van der Waals surface area contributed by atoms with Gasteiger partial charge in [0.1, 0.15) is 11.6 Å². The average molecular weight is 347 g/mol. The maximum Gasteiger partial charge on any atom is 0.265 e. The van der Waals surface area contributed by atoms with Crippen molar-refractivity contribution in [1.29, 1.82) is 0 Å². The summed E-state index contributed by atoms with van der Waals surface area (Å²) in [6.45, 7) is 1.65. The Morgan fingerprint density at radius 3 is 2.58 bits per heavy atom. The third kappa shape index (κ3) is 3.00. The average Bonchev–Trinajstić information content (AvgIpc) is 2.49. The van der Waals surface area contributed by atoms with Crippen molar-refractivity contribution in [3.05, 3.63) is 64.5 Å². The molecular formula is C16H14FN3O3S. The van der Waals surface area contributed by atoms with E-state index in [4.69, 9.17) is 0 Å². The predicted molar refractivity (Wildman–Crippen MR) is 90.5 cm³/mol. The maximum absolute atomic E-state index is 13.8. The van der Waals surface area contributed by atoms with Crippen LogP contribution < -0.4 is 10.3 Å². The number of hydrogen-bond donors (Lipinski definition) is 1. The molecule has 2 aromatic carbocycles. The monoisotopic (exact) mass is 347 g/mol. The summed E-state index contributed by atoms with van der Waals surface area (Å²) in [4.78, 5) is 17.1. The van der Waals surface area contributed by atoms with Gasteiger partial charge in [0, 0.05) is 0 Å². The van der Waals surface area contributed by atoms with Gasteiger partial charge >= 0.3 is 0 Å². The number of hydrogen-bond acceptors (Lipinski definition) is 4. The van der Waals surface area contributed by atoms with Gasteiger partial charge in [-0.15, -0.1) is 0 Å². The molecule has 0 saturated carbocycles. The summed E-state index contributed by atoms with van der Waals surface area (Å²) in [6.07, 6.45) is 0.925. The van der Waals surface area contributed by atoms with E-state index in [-0.39, 0.29) is 11.2 Å². The van der Waals surface area contributed by atoms with Crippen LogP contribution in [-0.2, 0) is 10.0 Å². The Hall–Kier alpha value is -2.74. The summed E-state index contributed by atoms with van der Waals surface area (Å²) in [6, 6.07) is 10.7. The van der Waals surface area contributed by atoms with Crippen molar-refractivity contribution < 1.29 is 12.8 Å². The standard InChI is InChI=1S/C16H14FN3O3S/c1-10-18-14-6-4-3-5-12(14)16(21)20(10)11-7-8-13(17)15(9-11)19-24(2,22)23/h3-9,19H,1-2H3. The molecule has 3 aromatic rings. The lowest BCUT2D eigenvalue weighted by Crippen LogP contribution is -2.22. The molecule has 6 nitrogen and oxygen atoms in total. The quantitative estimate of drug-likeness (QED) is 0.788. The largest absolute Gasteiger partial charge is 0.281 e. The number of para-hydroxylation sites is 1. The lowest BCUT2D eigenvalue weighted by Gasteiger charge is -2.13. The summed E-state index contributed by atoms with van der Waals surface area (Å²) < 4.78 is 40.0. The third-order valence-electron chi connectivity index (χ3n) is 3.45. The first-order valence-electron chi connectivity index (χ1n) is 7.02. The third-order valence-corrected chi connectivity index (χ3v) is 4.04. The number of sulfonamides is 1. The molecule has 124 valence electrons. The number of nitrogens with one attached hydrogen (secondary N) is 1. The molecule has 0 atom stereocenters. The van der Waals surface area contributed by atoms with Crippen LogP contribution in [-0.4, -0.2) is 24.2 Å². The zero-order valence-electron chi connectivity index (χ0n) is 12.9. The molecule has 1 N–H and O–H groups in total. The minimum absolute atomic E-state index is 0.227. The van der Waals surface area contributed by atoms with E-state index < -0.39 is 15.8 Å². The molecule has 0 aliphatic carbocycles. The zero-order valence-corrected chi connectivity index (χ0v) is 13.8. The fraction of sp³-hybridized carbons (Fsp3) is 0.125. The first-order valence-corrected chi connectivity index (χ1v) is 8.91. The van der Waals surface area contributed by atoms with E-state index in [2.05, 4.69) is 9.71 Å². The molecule has 0 spiro atoms. The molecule has 0 amide bonds. The number of benzene rings is 2. The van der Waals surface area contributed by atoms with Crippen molar-refractivity contribution >= 4 is 26.6 Å². The fourth-order valence-electron chi connectivity index (χ4n) is 2.48. The number of fused-ring (bicyclic) bond motifs is 1. The van der Waals surface area contributed by atoms with Crippen LogP contribution >= 0.6 is 0 Å². The fourth-order valence-corrected chi connectivity index (χ4v) is 3.03. The summed E-state index contributed by atoms with van der Waals surface area (Å²) >= 11 is 0. The topological polar surface area (TPSA) is 81.1 Å². The zero-order chi connectivity index (χ0) is 17.5. The molecule has 0 fully saturated rings. The Morgan fingerprint density at radius 2 is 1.88 bits per heavy atom. The Balaban J connectivity index is 2.25. The number of aromatic nitrogens is 2. The molecule has 1 heterocycles. The molecule has 24 heavy (non-hydrogen) atoms. The van der Waals surface area contributed by atoms with E-state index in [0.717, 1.165) is 12.3 Å². The Kier molecular flexibility index (Phi) is 3.84. The van der Waals surface area contributed by atoms with Crippen LogP contribution in [0.3, 0.4) is 0 Å². The number of halogens is 1. The van der Waals surface area contributed by atoms with Crippen molar-refractivity contribution in [2.45, 2.75) is 6.92 Å². The molecule has 1 aromatic heterocycles. The lowest BCUT2D eigenvalue weighted by atomic mass is 10.2. The highest BCUT2D eigenvalue weighted by Crippen LogP contribution is 2.20. The van der Waals surface area contributed by atoms with Gasteiger partial charge in [0.15, 0.2) is 0 Å². The van der Waals surface area contributed by atoms with Crippen molar-refractivity contribution in [2.24, 2.45) is 0 Å². The van der Waals surface area contributed by atoms with Crippen LogP contribution in [0, 0.1) is 12.7 Å². The second kappa shape index (κ2) is 5.72. The minimum Gasteiger partial charge on any atom is -0.281 e. The van der Waals surface area contributed by atoms with E-state index in [0.29, 0.717) is 22.4 Å². The summed E-state index contributed by atoms with van der Waals surface area (Å²) in [7, 11) is -3.65. The Bertz CT molecular complexity index is 1110. The van der Waals surface area contributed by atoms with Crippen LogP contribution in [0.5, 0.6) is 0 Å². The minimum atomic E-state index is -3.65. The van der Waals surface area contributed by atoms with Crippen LogP contribution in [0.1, 0.15) is 5.82 Å². The number of rotatable bonds is 3. The van der Waals surface area contributed by atoms with E-state index in [1.165, 1.54) is 16.7 Å². The highest BCUT2D eigenvalue weighted by Gasteiger charge is 2.13. The van der Waals surface area contributed by atoms with Gasteiger partial charge in [0.2, 0.25) is 10.0 Å². The van der Waals surface area contributed by atoms with Crippen LogP contribution in [0.4, 0.5) is 10.1 Å². The van der Waals surface area contributed by atoms with Crippen molar-refractivity contribution in [3.8, 4) is 5.69 Å². The second-order valence-electron chi connectivity index (χ2n) is 5.36. The van der Waals surface area contributed by atoms with Gasteiger partial charge in [-0.2, -0.15) is 0 Å². The maximum atomic E-state index is 13.8. The van der Waals surface area contributed by atoms with Gasteiger partial charge in [-0.25, -0.2) is 17.8 Å². The summed E-state index contributed by atoms with van der Waals surface area (Å²) in [5.74, 6) is -0.320. The van der Waals surface area contributed by atoms with Gasteiger partial charge in [0.25, 0.3) is 5.56 Å². The number of anilines is 1. The number of nitrogens with zero attached hydrogens (tertiary/aromatic N) is 2. The predicted octanol–water partition coefficient (Wildman–Crippen LogP) is 2.20. The molecule has 0 radical (unpaired) electrons. The van der Waals surface area contributed by atoms with Crippen molar-refractivity contribution in [3.63, 3.8) is 0 Å². The second-order valence-corrected chi connectivity index (χ2v) is 7.10. The van der Waals surface area contributed by atoms with Crippen LogP contribution in [0.15, 0.2) is 47.3 Å². The SMILES string of the molecule is Cc1nc2ccccc2c(=O)n1-c1ccc(F)c(NS(C)(=O)=O)c1. The molecular weight excluding hydrogens is 333 g/mol. The highest BCUT2D eigenvalue weighted by molar-refractivity contribution is 7.92. The van der Waals surface area contributed by atoms with E-state index in [9.17, 15) is 17.6 Å². The molecule has 0 aliphatic heterocycles. The smallest absolute Gasteiger partial charge is 0.265 e. The van der Waals surface area contributed by atoms with Crippen molar-refractivity contribution in [1.82, 2.24) is 9.55 Å². The molecule has 0 saturated heterocycles. The first kappa shape index (κ1) is 16.1. The van der Waals surface area contributed by atoms with E-state index >= 15 is 0 Å². The molecule has 8 heteroatoms.